The van der Waals surface area contributed by atoms with Crippen molar-refractivity contribution in [3.8, 4) is 5.95 Å². The largest absolute Gasteiger partial charge is 0.342 e. The summed E-state index contributed by atoms with van der Waals surface area (Å²) in [6.45, 7) is 0. The summed E-state index contributed by atoms with van der Waals surface area (Å²) >= 11 is 0. The van der Waals surface area contributed by atoms with Gasteiger partial charge in [-0.1, -0.05) is 18.2 Å². The van der Waals surface area contributed by atoms with Crippen LogP contribution in [-0.4, -0.2) is 25.0 Å². The molecule has 0 spiro atoms. The second-order valence-corrected chi connectivity index (χ2v) is 6.68. The highest BCUT2D eigenvalue weighted by molar-refractivity contribution is 6.13. The lowest BCUT2D eigenvalue weighted by atomic mass is 10.2. The molecule has 0 saturated heterocycles. The van der Waals surface area contributed by atoms with Crippen molar-refractivity contribution in [1.29, 1.82) is 0 Å². The molecule has 0 atom stereocenters. The van der Waals surface area contributed by atoms with Gasteiger partial charge in [-0.15, -0.1) is 0 Å². The molecule has 1 amide bonds. The Kier molecular flexibility index (Phi) is 3.87. The number of benzene rings is 2. The molecule has 2 aromatic carbocycles. The molecule has 0 saturated carbocycles. The van der Waals surface area contributed by atoms with Gasteiger partial charge in [0.2, 0.25) is 5.95 Å². The van der Waals surface area contributed by atoms with Crippen LogP contribution in [0.1, 0.15) is 10.5 Å². The number of carbonyl (C=O) groups excluding carboxylic acids is 1. The molecule has 0 aliphatic heterocycles. The van der Waals surface area contributed by atoms with E-state index in [1.54, 1.807) is 23.0 Å². The molecular formula is C22H16FN5O. The summed E-state index contributed by atoms with van der Waals surface area (Å²) in [5.41, 5.74) is 3.70. The fraction of sp³-hybridized carbons (Fsp3) is 0.0455. The number of nitrogens with one attached hydrogen (secondary N) is 1. The zero-order valence-corrected chi connectivity index (χ0v) is 15.5. The first-order valence-corrected chi connectivity index (χ1v) is 9.06. The summed E-state index contributed by atoms with van der Waals surface area (Å²) in [7, 11) is 1.96. The third kappa shape index (κ3) is 2.75. The lowest BCUT2D eigenvalue weighted by Gasteiger charge is -2.09. The standard InChI is InChI=1S/C22H16FN5O/c1-27-17-6-3-2-5-16(17)20-18(27)13-19(28(20)22-24-11-4-12-25-22)21(29)26-15-9-7-14(23)8-10-15/h2-13H,1H3,(H,26,29). The summed E-state index contributed by atoms with van der Waals surface area (Å²) in [5, 5.41) is 3.82. The van der Waals surface area contributed by atoms with Gasteiger partial charge in [-0.25, -0.2) is 14.4 Å². The molecule has 0 aliphatic rings. The Balaban J connectivity index is 1.73. The van der Waals surface area contributed by atoms with Gasteiger partial charge in [0.15, 0.2) is 0 Å². The Morgan fingerprint density at radius 1 is 0.966 bits per heavy atom. The molecule has 29 heavy (non-hydrogen) atoms. The van der Waals surface area contributed by atoms with Gasteiger partial charge in [-0.3, -0.25) is 9.36 Å². The fourth-order valence-corrected chi connectivity index (χ4v) is 3.62. The lowest BCUT2D eigenvalue weighted by molar-refractivity contribution is 0.102. The number of nitrogens with zero attached hydrogens (tertiary/aromatic N) is 4. The molecular weight excluding hydrogens is 369 g/mol. The van der Waals surface area contributed by atoms with E-state index in [-0.39, 0.29) is 11.7 Å². The van der Waals surface area contributed by atoms with Crippen LogP contribution in [0.25, 0.3) is 27.9 Å². The molecule has 0 aliphatic carbocycles. The number of hydrogen-bond acceptors (Lipinski definition) is 3. The maximum atomic E-state index is 13.2. The Morgan fingerprint density at radius 3 is 2.45 bits per heavy atom. The smallest absolute Gasteiger partial charge is 0.272 e. The molecule has 6 nitrogen and oxygen atoms in total. The first kappa shape index (κ1) is 17.1. The summed E-state index contributed by atoms with van der Waals surface area (Å²) in [5.74, 6) is -0.284. The summed E-state index contributed by atoms with van der Waals surface area (Å²) in [4.78, 5) is 21.8. The predicted molar refractivity (Wildman–Crippen MR) is 110 cm³/mol. The molecule has 7 heteroatoms. The minimum Gasteiger partial charge on any atom is -0.342 e. The first-order valence-electron chi connectivity index (χ1n) is 9.06. The maximum absolute atomic E-state index is 13.2. The van der Waals surface area contributed by atoms with Gasteiger partial charge in [-0.05, 0) is 42.5 Å². The monoisotopic (exact) mass is 385 g/mol. The van der Waals surface area contributed by atoms with Crippen LogP contribution in [0.3, 0.4) is 0 Å². The van der Waals surface area contributed by atoms with Crippen molar-refractivity contribution in [3.63, 3.8) is 0 Å². The molecule has 0 radical (unpaired) electrons. The number of aromatic nitrogens is 4. The van der Waals surface area contributed by atoms with Crippen LogP contribution in [0.5, 0.6) is 0 Å². The highest BCUT2D eigenvalue weighted by atomic mass is 19.1. The summed E-state index contributed by atoms with van der Waals surface area (Å²) < 4.78 is 17.0. The van der Waals surface area contributed by atoms with Crippen molar-refractivity contribution in [2.45, 2.75) is 0 Å². The Hall–Kier alpha value is -4.00. The van der Waals surface area contributed by atoms with E-state index in [2.05, 4.69) is 15.3 Å². The zero-order valence-electron chi connectivity index (χ0n) is 15.5. The Labute approximate surface area is 165 Å². The SMILES string of the molecule is Cn1c2ccccc2c2c1cc(C(=O)Nc1ccc(F)cc1)n2-c1ncccn1. The minimum absolute atomic E-state index is 0.329. The average molecular weight is 385 g/mol. The first-order chi connectivity index (χ1) is 14.1. The number of rotatable bonds is 3. The molecule has 1 N–H and O–H groups in total. The fourth-order valence-electron chi connectivity index (χ4n) is 3.62. The Bertz CT molecular complexity index is 1350. The number of halogens is 1. The van der Waals surface area contributed by atoms with Crippen molar-refractivity contribution in [1.82, 2.24) is 19.1 Å². The number of aryl methyl sites for hydroxylation is 1. The van der Waals surface area contributed by atoms with Crippen molar-refractivity contribution in [3.05, 3.63) is 84.6 Å². The summed E-state index contributed by atoms with van der Waals surface area (Å²) in [6.07, 6.45) is 3.28. The van der Waals surface area contributed by atoms with E-state index in [9.17, 15) is 9.18 Å². The summed E-state index contributed by atoms with van der Waals surface area (Å²) in [6, 6.07) is 17.2. The average Bonchev–Trinajstić information content (AvgIpc) is 3.27. The maximum Gasteiger partial charge on any atom is 0.272 e. The Morgan fingerprint density at radius 2 is 1.69 bits per heavy atom. The van der Waals surface area contributed by atoms with Gasteiger partial charge in [0.1, 0.15) is 11.5 Å². The topological polar surface area (TPSA) is 64.7 Å². The van der Waals surface area contributed by atoms with Crippen LogP contribution in [0.4, 0.5) is 10.1 Å². The minimum atomic E-state index is -0.360. The van der Waals surface area contributed by atoms with Crippen LogP contribution >= 0.6 is 0 Å². The van der Waals surface area contributed by atoms with E-state index in [0.717, 1.165) is 21.9 Å². The normalized spacial score (nSPS) is 11.2. The zero-order chi connectivity index (χ0) is 20.0. The number of amides is 1. The lowest BCUT2D eigenvalue weighted by Crippen LogP contribution is -2.17. The molecule has 3 aromatic heterocycles. The van der Waals surface area contributed by atoms with Gasteiger partial charge in [0.25, 0.3) is 5.91 Å². The molecule has 5 rings (SSSR count). The van der Waals surface area contributed by atoms with Crippen LogP contribution in [0, 0.1) is 5.82 Å². The highest BCUT2D eigenvalue weighted by Crippen LogP contribution is 2.32. The van der Waals surface area contributed by atoms with Gasteiger partial charge in [0, 0.05) is 30.5 Å². The van der Waals surface area contributed by atoms with E-state index < -0.39 is 0 Å². The number of fused-ring (bicyclic) bond motifs is 3. The molecule has 142 valence electrons. The van der Waals surface area contributed by atoms with Crippen LogP contribution in [0.15, 0.2) is 73.1 Å². The predicted octanol–water partition coefficient (Wildman–Crippen LogP) is 4.30. The number of anilines is 1. The van der Waals surface area contributed by atoms with E-state index in [1.807, 2.05) is 41.9 Å². The number of carbonyl (C=O) groups is 1. The second kappa shape index (κ2) is 6.56. The van der Waals surface area contributed by atoms with Crippen LogP contribution < -0.4 is 5.32 Å². The van der Waals surface area contributed by atoms with Crippen molar-refractivity contribution in [2.24, 2.45) is 7.05 Å². The number of hydrogen-bond donors (Lipinski definition) is 1. The van der Waals surface area contributed by atoms with Crippen molar-refractivity contribution in [2.75, 3.05) is 5.32 Å². The molecule has 0 bridgehead atoms. The molecule has 3 heterocycles. The van der Waals surface area contributed by atoms with Gasteiger partial charge >= 0.3 is 0 Å². The van der Waals surface area contributed by atoms with Gasteiger partial charge in [-0.2, -0.15) is 0 Å². The second-order valence-electron chi connectivity index (χ2n) is 6.68. The van der Waals surface area contributed by atoms with Gasteiger partial charge in [0.05, 0.1) is 16.6 Å². The van der Waals surface area contributed by atoms with E-state index in [4.69, 9.17) is 0 Å². The van der Waals surface area contributed by atoms with Crippen molar-refractivity contribution < 1.29 is 9.18 Å². The van der Waals surface area contributed by atoms with Crippen molar-refractivity contribution >= 4 is 33.5 Å². The van der Waals surface area contributed by atoms with E-state index >= 15 is 0 Å². The van der Waals surface area contributed by atoms with Crippen LogP contribution in [-0.2, 0) is 7.05 Å². The molecule has 0 fully saturated rings. The van der Waals surface area contributed by atoms with Gasteiger partial charge < -0.3 is 9.88 Å². The highest BCUT2D eigenvalue weighted by Gasteiger charge is 2.23. The van der Waals surface area contributed by atoms with Crippen LogP contribution in [0.2, 0.25) is 0 Å². The van der Waals surface area contributed by atoms with E-state index in [1.165, 1.54) is 24.3 Å². The molecule has 0 unspecified atom stereocenters. The number of para-hydroxylation sites is 1. The van der Waals surface area contributed by atoms with E-state index in [0.29, 0.717) is 17.3 Å². The third-order valence-electron chi connectivity index (χ3n) is 4.95. The quantitative estimate of drug-likeness (QED) is 0.504. The molecule has 5 aromatic rings. The third-order valence-corrected chi connectivity index (χ3v) is 4.95.